The second-order valence-electron chi connectivity index (χ2n) is 7.42. The Morgan fingerprint density at radius 1 is 1.23 bits per heavy atom. The smallest absolute Gasteiger partial charge is 0.223 e. The number of nitrogens with one attached hydrogen (secondary N) is 1. The van der Waals surface area contributed by atoms with Gasteiger partial charge in [-0.15, -0.1) is 11.3 Å². The van der Waals surface area contributed by atoms with Gasteiger partial charge in [0.15, 0.2) is 5.13 Å². The molecule has 0 aliphatic carbocycles. The average molecular weight is 423 g/mol. The predicted octanol–water partition coefficient (Wildman–Crippen LogP) is 4.90. The van der Waals surface area contributed by atoms with E-state index in [0.717, 1.165) is 53.0 Å². The van der Waals surface area contributed by atoms with Gasteiger partial charge in [0.1, 0.15) is 11.6 Å². The highest BCUT2D eigenvalue weighted by Crippen LogP contribution is 2.33. The predicted molar refractivity (Wildman–Crippen MR) is 119 cm³/mol. The molecule has 1 aliphatic heterocycles. The Bertz CT molecular complexity index is 1020. The van der Waals surface area contributed by atoms with Crippen LogP contribution in [0.5, 0.6) is 5.75 Å². The Morgan fingerprint density at radius 3 is 2.90 bits per heavy atom. The second kappa shape index (κ2) is 9.26. The number of nitrogens with zero attached hydrogens (tertiary/aromatic N) is 3. The normalized spacial score (nSPS) is 15.9. The van der Waals surface area contributed by atoms with Gasteiger partial charge < -0.3 is 15.0 Å². The van der Waals surface area contributed by atoms with Gasteiger partial charge in [-0.05, 0) is 49.9 Å². The zero-order chi connectivity index (χ0) is 20.9. The number of hydrogen-bond acceptors (Lipinski definition) is 6. The Labute approximate surface area is 180 Å². The summed E-state index contributed by atoms with van der Waals surface area (Å²) in [6, 6.07) is 13.8. The molecule has 1 saturated heterocycles. The van der Waals surface area contributed by atoms with E-state index in [1.165, 1.54) is 0 Å². The third kappa shape index (κ3) is 4.62. The summed E-state index contributed by atoms with van der Waals surface area (Å²) >= 11 is 1.56. The number of benzene rings is 1. The summed E-state index contributed by atoms with van der Waals surface area (Å²) in [5.41, 5.74) is 2.98. The van der Waals surface area contributed by atoms with Crippen molar-refractivity contribution in [2.75, 3.05) is 19.0 Å². The number of anilines is 2. The first-order valence-electron chi connectivity index (χ1n) is 10.2. The monoisotopic (exact) mass is 422 g/mol. The van der Waals surface area contributed by atoms with Gasteiger partial charge in [0.05, 0.1) is 24.5 Å². The molecule has 156 valence electrons. The van der Waals surface area contributed by atoms with Crippen LogP contribution < -0.4 is 10.1 Å². The van der Waals surface area contributed by atoms with Crippen molar-refractivity contribution >= 4 is 28.2 Å². The van der Waals surface area contributed by atoms with Gasteiger partial charge in [-0.1, -0.05) is 24.3 Å². The van der Waals surface area contributed by atoms with Gasteiger partial charge in [-0.25, -0.2) is 9.97 Å². The summed E-state index contributed by atoms with van der Waals surface area (Å²) in [6.45, 7) is 2.75. The summed E-state index contributed by atoms with van der Waals surface area (Å²) in [6.07, 6.45) is 3.07. The van der Waals surface area contributed by atoms with E-state index < -0.39 is 0 Å². The van der Waals surface area contributed by atoms with Crippen LogP contribution in [0.25, 0.3) is 0 Å². The highest BCUT2D eigenvalue weighted by atomic mass is 32.1. The summed E-state index contributed by atoms with van der Waals surface area (Å²) in [5, 5.41) is 6.10. The van der Waals surface area contributed by atoms with Gasteiger partial charge in [0.25, 0.3) is 0 Å². The molecule has 1 N–H and O–H groups in total. The SMILES string of the molecule is COc1ccccc1CCC(=O)N1CCCC1c1cccc(Nc2nc(C)cs2)n1. The van der Waals surface area contributed by atoms with Crippen LogP contribution in [0.1, 0.15) is 42.3 Å². The largest absolute Gasteiger partial charge is 0.496 e. The average Bonchev–Trinajstić information content (AvgIpc) is 3.41. The molecule has 1 fully saturated rings. The van der Waals surface area contributed by atoms with Gasteiger partial charge in [0.2, 0.25) is 5.91 Å². The van der Waals surface area contributed by atoms with E-state index in [9.17, 15) is 4.79 Å². The quantitative estimate of drug-likeness (QED) is 0.587. The van der Waals surface area contributed by atoms with Crippen LogP contribution >= 0.6 is 11.3 Å². The number of carbonyl (C=O) groups excluding carboxylic acids is 1. The maximum absolute atomic E-state index is 13.0. The highest BCUT2D eigenvalue weighted by molar-refractivity contribution is 7.13. The van der Waals surface area contributed by atoms with E-state index >= 15 is 0 Å². The molecular weight excluding hydrogens is 396 g/mol. The summed E-state index contributed by atoms with van der Waals surface area (Å²) in [5.74, 6) is 1.76. The van der Waals surface area contributed by atoms with Crippen molar-refractivity contribution in [2.45, 2.75) is 38.6 Å². The molecule has 30 heavy (non-hydrogen) atoms. The first-order valence-corrected chi connectivity index (χ1v) is 11.1. The molecule has 1 atom stereocenters. The number of aromatic nitrogens is 2. The molecule has 3 aromatic rings. The van der Waals surface area contributed by atoms with Crippen LogP contribution in [0.2, 0.25) is 0 Å². The molecule has 1 unspecified atom stereocenters. The van der Waals surface area contributed by atoms with E-state index in [-0.39, 0.29) is 11.9 Å². The van der Waals surface area contributed by atoms with Gasteiger partial charge in [-0.3, -0.25) is 4.79 Å². The first-order chi connectivity index (χ1) is 14.6. The maximum atomic E-state index is 13.0. The number of pyridine rings is 1. The van der Waals surface area contributed by atoms with Crippen molar-refractivity contribution < 1.29 is 9.53 Å². The number of amides is 1. The highest BCUT2D eigenvalue weighted by Gasteiger charge is 2.30. The third-order valence-electron chi connectivity index (χ3n) is 5.34. The minimum Gasteiger partial charge on any atom is -0.496 e. The molecule has 1 amide bonds. The number of para-hydroxylation sites is 1. The molecule has 3 heterocycles. The van der Waals surface area contributed by atoms with Crippen molar-refractivity contribution in [1.82, 2.24) is 14.9 Å². The fourth-order valence-corrected chi connectivity index (χ4v) is 4.59. The van der Waals surface area contributed by atoms with Crippen molar-refractivity contribution in [1.29, 1.82) is 0 Å². The van der Waals surface area contributed by atoms with Gasteiger partial charge in [0, 0.05) is 18.3 Å². The fraction of sp³-hybridized carbons (Fsp3) is 0.348. The van der Waals surface area contributed by atoms with Crippen LogP contribution in [-0.2, 0) is 11.2 Å². The van der Waals surface area contributed by atoms with E-state index in [4.69, 9.17) is 9.72 Å². The molecule has 0 bridgehead atoms. The van der Waals surface area contributed by atoms with Crippen molar-refractivity contribution in [3.8, 4) is 5.75 Å². The lowest BCUT2D eigenvalue weighted by atomic mass is 10.1. The molecule has 1 aromatic carbocycles. The number of likely N-dealkylation sites (tertiary alicyclic amines) is 1. The number of thiazole rings is 1. The Morgan fingerprint density at radius 2 is 2.10 bits per heavy atom. The van der Waals surface area contributed by atoms with Crippen LogP contribution in [0.3, 0.4) is 0 Å². The maximum Gasteiger partial charge on any atom is 0.223 e. The summed E-state index contributed by atoms with van der Waals surface area (Å²) < 4.78 is 5.41. The topological polar surface area (TPSA) is 67.3 Å². The van der Waals surface area contributed by atoms with Gasteiger partial charge >= 0.3 is 0 Å². The zero-order valence-electron chi connectivity index (χ0n) is 17.3. The van der Waals surface area contributed by atoms with Crippen molar-refractivity contribution in [3.05, 3.63) is 64.8 Å². The van der Waals surface area contributed by atoms with E-state index in [2.05, 4.69) is 10.3 Å². The first kappa shape index (κ1) is 20.3. The Kier molecular flexibility index (Phi) is 6.28. The van der Waals surface area contributed by atoms with Crippen molar-refractivity contribution in [2.24, 2.45) is 0 Å². The molecule has 0 saturated carbocycles. The number of methoxy groups -OCH3 is 1. The molecule has 6 nitrogen and oxygen atoms in total. The molecule has 1 aliphatic rings. The minimum absolute atomic E-state index is 0.0231. The summed E-state index contributed by atoms with van der Waals surface area (Å²) in [7, 11) is 1.66. The molecule has 7 heteroatoms. The second-order valence-corrected chi connectivity index (χ2v) is 8.28. The van der Waals surface area contributed by atoms with Crippen LogP contribution in [0, 0.1) is 6.92 Å². The summed E-state index contributed by atoms with van der Waals surface area (Å²) in [4.78, 5) is 24.2. The molecule has 0 spiro atoms. The lowest BCUT2D eigenvalue weighted by molar-refractivity contribution is -0.132. The van der Waals surface area contributed by atoms with E-state index in [0.29, 0.717) is 12.8 Å². The third-order valence-corrected chi connectivity index (χ3v) is 6.22. The van der Waals surface area contributed by atoms with Crippen LogP contribution in [-0.4, -0.2) is 34.4 Å². The lowest BCUT2D eigenvalue weighted by Crippen LogP contribution is -2.31. The zero-order valence-corrected chi connectivity index (χ0v) is 18.1. The van der Waals surface area contributed by atoms with Crippen LogP contribution in [0.4, 0.5) is 10.9 Å². The van der Waals surface area contributed by atoms with E-state index in [1.54, 1.807) is 18.4 Å². The number of ether oxygens (including phenoxy) is 1. The number of carbonyl (C=O) groups is 1. The number of aryl methyl sites for hydroxylation is 2. The minimum atomic E-state index is 0.0231. The molecular formula is C23H26N4O2S. The Balaban J connectivity index is 1.44. The Hall–Kier alpha value is -2.93. The fourth-order valence-electron chi connectivity index (χ4n) is 3.90. The number of rotatable bonds is 7. The lowest BCUT2D eigenvalue weighted by Gasteiger charge is -2.25. The van der Waals surface area contributed by atoms with Crippen LogP contribution in [0.15, 0.2) is 47.8 Å². The standard InChI is InChI=1S/C23H26N4O2S/c1-16-15-30-23(24-16)26-21-11-5-8-18(25-21)19-9-6-14-27(19)22(28)13-12-17-7-3-4-10-20(17)29-2/h3-5,7-8,10-11,15,19H,6,9,12-14H2,1-2H3,(H,24,25,26). The van der Waals surface area contributed by atoms with Gasteiger partial charge in [-0.2, -0.15) is 0 Å². The number of hydrogen-bond donors (Lipinski definition) is 1. The van der Waals surface area contributed by atoms with Crippen molar-refractivity contribution in [3.63, 3.8) is 0 Å². The van der Waals surface area contributed by atoms with E-state index in [1.807, 2.05) is 59.7 Å². The molecule has 2 aromatic heterocycles. The molecule has 0 radical (unpaired) electrons. The molecule has 4 rings (SSSR count).